The third kappa shape index (κ3) is 1.70. The van der Waals surface area contributed by atoms with Crippen LogP contribution >= 0.6 is 0 Å². The molecule has 0 atom stereocenters. The second-order valence-electron chi connectivity index (χ2n) is 2.23. The minimum absolute atomic E-state index is 0.224. The topological polar surface area (TPSA) is 49.3 Å². The molecular formula is C8H8NO2. The van der Waals surface area contributed by atoms with Crippen molar-refractivity contribution in [3.8, 4) is 5.75 Å². The second-order valence-corrected chi connectivity index (χ2v) is 2.23. The Balaban J connectivity index is 2.95. The fraction of sp³-hybridized carbons (Fsp3) is 0.125. The zero-order valence-corrected chi connectivity index (χ0v) is 6.09. The maximum atomic E-state index is 9.87. The summed E-state index contributed by atoms with van der Waals surface area (Å²) in [5.41, 5.74) is 1.36. The lowest BCUT2D eigenvalue weighted by Crippen LogP contribution is -1.93. The standard InChI is InChI=1S/C8H8NO2/c1-6-4-7(9-5-10)2-3-8(6)11/h2-4,11H,1H3,(H,9,10). The average Bonchev–Trinajstić information content (AvgIpc) is 1.98. The molecule has 0 heterocycles. The highest BCUT2D eigenvalue weighted by atomic mass is 16.3. The minimum atomic E-state index is 0.224. The summed E-state index contributed by atoms with van der Waals surface area (Å²) in [7, 11) is 0. The van der Waals surface area contributed by atoms with Crippen molar-refractivity contribution in [2.45, 2.75) is 6.92 Å². The third-order valence-corrected chi connectivity index (χ3v) is 1.39. The van der Waals surface area contributed by atoms with Crippen LogP contribution in [0.3, 0.4) is 0 Å². The number of hydrogen-bond donors (Lipinski definition) is 2. The number of carbonyl (C=O) groups excluding carboxylic acids is 1. The lowest BCUT2D eigenvalue weighted by atomic mass is 10.2. The van der Waals surface area contributed by atoms with Gasteiger partial charge in [0.2, 0.25) is 0 Å². The molecule has 1 aromatic rings. The summed E-state index contributed by atoms with van der Waals surface area (Å²) in [6.07, 6.45) is 1.55. The molecule has 1 rings (SSSR count). The number of phenolic OH excluding ortho intramolecular Hbond substituents is 1. The van der Waals surface area contributed by atoms with Gasteiger partial charge in [0.1, 0.15) is 5.75 Å². The quantitative estimate of drug-likeness (QED) is 0.491. The SMILES string of the molecule is Cc1cc(N[C]=O)ccc1O. The molecule has 1 aromatic carbocycles. The Hall–Kier alpha value is -1.51. The molecule has 3 nitrogen and oxygen atoms in total. The molecule has 0 saturated carbocycles. The van der Waals surface area contributed by atoms with Crippen molar-refractivity contribution in [1.82, 2.24) is 0 Å². The first-order valence-corrected chi connectivity index (χ1v) is 3.17. The smallest absolute Gasteiger partial charge is 0.314 e. The van der Waals surface area contributed by atoms with Crippen molar-refractivity contribution in [2.75, 3.05) is 5.32 Å². The van der Waals surface area contributed by atoms with Crippen LogP contribution in [0.2, 0.25) is 0 Å². The molecule has 0 spiro atoms. The van der Waals surface area contributed by atoms with E-state index in [1.54, 1.807) is 25.5 Å². The molecule has 0 bridgehead atoms. The van der Waals surface area contributed by atoms with Gasteiger partial charge in [-0.05, 0) is 30.7 Å². The van der Waals surface area contributed by atoms with E-state index >= 15 is 0 Å². The zero-order valence-electron chi connectivity index (χ0n) is 6.09. The van der Waals surface area contributed by atoms with E-state index in [2.05, 4.69) is 5.32 Å². The molecule has 1 radical (unpaired) electrons. The number of phenols is 1. The van der Waals surface area contributed by atoms with Crippen LogP contribution in [-0.2, 0) is 4.79 Å². The van der Waals surface area contributed by atoms with Crippen molar-refractivity contribution in [3.63, 3.8) is 0 Å². The molecule has 0 aromatic heterocycles. The zero-order chi connectivity index (χ0) is 8.27. The predicted octanol–water partition coefficient (Wildman–Crippen LogP) is 1.18. The first-order valence-electron chi connectivity index (χ1n) is 3.17. The molecule has 0 aliphatic heterocycles. The summed E-state index contributed by atoms with van der Waals surface area (Å²) in [4.78, 5) is 9.87. The van der Waals surface area contributed by atoms with Crippen LogP contribution < -0.4 is 5.32 Å². The average molecular weight is 150 g/mol. The fourth-order valence-corrected chi connectivity index (χ4v) is 0.792. The van der Waals surface area contributed by atoms with Crippen molar-refractivity contribution >= 4 is 12.1 Å². The van der Waals surface area contributed by atoms with Gasteiger partial charge in [0.25, 0.3) is 0 Å². The summed E-state index contributed by atoms with van der Waals surface area (Å²) in [6.45, 7) is 1.76. The van der Waals surface area contributed by atoms with Crippen molar-refractivity contribution in [1.29, 1.82) is 0 Å². The third-order valence-electron chi connectivity index (χ3n) is 1.39. The molecule has 0 saturated heterocycles. The number of benzene rings is 1. The Morgan fingerprint density at radius 1 is 1.55 bits per heavy atom. The summed E-state index contributed by atoms with van der Waals surface area (Å²) < 4.78 is 0. The van der Waals surface area contributed by atoms with Crippen LogP contribution in [0, 0.1) is 6.92 Å². The van der Waals surface area contributed by atoms with Crippen LogP contribution in [0.25, 0.3) is 0 Å². The molecule has 11 heavy (non-hydrogen) atoms. The van der Waals surface area contributed by atoms with Crippen molar-refractivity contribution in [3.05, 3.63) is 23.8 Å². The van der Waals surface area contributed by atoms with Crippen LogP contribution in [0.5, 0.6) is 5.75 Å². The molecule has 0 unspecified atom stereocenters. The van der Waals surface area contributed by atoms with E-state index < -0.39 is 0 Å². The van der Waals surface area contributed by atoms with Gasteiger partial charge in [-0.1, -0.05) is 0 Å². The largest absolute Gasteiger partial charge is 0.508 e. The molecule has 57 valence electrons. The molecule has 0 fully saturated rings. The Morgan fingerprint density at radius 2 is 2.27 bits per heavy atom. The maximum absolute atomic E-state index is 9.87. The van der Waals surface area contributed by atoms with E-state index in [0.29, 0.717) is 5.69 Å². The van der Waals surface area contributed by atoms with Crippen LogP contribution in [0.1, 0.15) is 5.56 Å². The summed E-state index contributed by atoms with van der Waals surface area (Å²) in [6, 6.07) is 4.79. The lowest BCUT2D eigenvalue weighted by Gasteiger charge is -2.00. The number of aromatic hydroxyl groups is 1. The van der Waals surface area contributed by atoms with Gasteiger partial charge in [-0.3, -0.25) is 4.79 Å². The van der Waals surface area contributed by atoms with Gasteiger partial charge in [0.05, 0.1) is 0 Å². The fourth-order valence-electron chi connectivity index (χ4n) is 0.792. The normalized spacial score (nSPS) is 9.18. The van der Waals surface area contributed by atoms with Gasteiger partial charge in [-0.25, -0.2) is 0 Å². The molecule has 0 aliphatic rings. The number of aryl methyl sites for hydroxylation is 1. The number of anilines is 1. The van der Waals surface area contributed by atoms with E-state index in [0.717, 1.165) is 5.56 Å². The molecule has 3 heteroatoms. The Morgan fingerprint density at radius 3 is 2.82 bits per heavy atom. The molecule has 2 N–H and O–H groups in total. The highest BCUT2D eigenvalue weighted by Gasteiger charge is 1.95. The number of hydrogen-bond acceptors (Lipinski definition) is 2. The first-order chi connectivity index (χ1) is 5.24. The summed E-state index contributed by atoms with van der Waals surface area (Å²) in [5, 5.41) is 11.4. The number of amides is 1. The van der Waals surface area contributed by atoms with Crippen molar-refractivity contribution < 1.29 is 9.90 Å². The van der Waals surface area contributed by atoms with Crippen LogP contribution in [0.4, 0.5) is 5.69 Å². The second kappa shape index (κ2) is 3.05. The van der Waals surface area contributed by atoms with Gasteiger partial charge in [0, 0.05) is 5.69 Å². The van der Waals surface area contributed by atoms with Gasteiger partial charge in [0.15, 0.2) is 0 Å². The maximum Gasteiger partial charge on any atom is 0.314 e. The minimum Gasteiger partial charge on any atom is -0.508 e. The highest BCUT2D eigenvalue weighted by Crippen LogP contribution is 2.19. The summed E-state index contributed by atoms with van der Waals surface area (Å²) >= 11 is 0. The Kier molecular flexibility index (Phi) is 2.11. The lowest BCUT2D eigenvalue weighted by molar-refractivity contribution is 0.471. The molecule has 0 aliphatic carbocycles. The van der Waals surface area contributed by atoms with E-state index in [4.69, 9.17) is 5.11 Å². The summed E-state index contributed by atoms with van der Waals surface area (Å²) in [5.74, 6) is 0.224. The highest BCUT2D eigenvalue weighted by molar-refractivity contribution is 5.72. The Labute approximate surface area is 64.7 Å². The van der Waals surface area contributed by atoms with E-state index in [9.17, 15) is 4.79 Å². The predicted molar refractivity (Wildman–Crippen MR) is 42.2 cm³/mol. The number of rotatable bonds is 2. The van der Waals surface area contributed by atoms with Gasteiger partial charge in [-0.2, -0.15) is 0 Å². The van der Waals surface area contributed by atoms with Crippen LogP contribution in [-0.4, -0.2) is 11.5 Å². The van der Waals surface area contributed by atoms with E-state index in [1.165, 1.54) is 6.07 Å². The number of nitrogens with one attached hydrogen (secondary N) is 1. The first kappa shape index (κ1) is 7.60. The Bertz CT molecular complexity index is 271. The molecular weight excluding hydrogens is 142 g/mol. The van der Waals surface area contributed by atoms with Gasteiger partial charge in [-0.15, -0.1) is 0 Å². The van der Waals surface area contributed by atoms with E-state index in [-0.39, 0.29) is 5.75 Å². The van der Waals surface area contributed by atoms with E-state index in [1.807, 2.05) is 0 Å². The van der Waals surface area contributed by atoms with Crippen molar-refractivity contribution in [2.24, 2.45) is 0 Å². The van der Waals surface area contributed by atoms with Gasteiger partial charge < -0.3 is 10.4 Å². The van der Waals surface area contributed by atoms with Crippen LogP contribution in [0.15, 0.2) is 18.2 Å². The van der Waals surface area contributed by atoms with Gasteiger partial charge >= 0.3 is 6.41 Å². The molecule has 1 amide bonds. The monoisotopic (exact) mass is 150 g/mol.